The minimum atomic E-state index is -0.312. The van der Waals surface area contributed by atoms with E-state index in [9.17, 15) is 4.79 Å². The Labute approximate surface area is 174 Å². The molecule has 1 aliphatic rings. The Hall–Kier alpha value is -1.11. The summed E-state index contributed by atoms with van der Waals surface area (Å²) in [5.74, 6) is 0. The van der Waals surface area contributed by atoms with Crippen LogP contribution in [0.4, 0.5) is 10.5 Å². The van der Waals surface area contributed by atoms with Crippen molar-refractivity contribution in [3.8, 4) is 0 Å². The maximum absolute atomic E-state index is 11.3. The van der Waals surface area contributed by atoms with Crippen molar-refractivity contribution in [3.63, 3.8) is 0 Å². The SMILES string of the molecule is CCOC(=O)NCCCN1CCN(c2ccccc2SC(C)CC)CC1.Cl. The van der Waals surface area contributed by atoms with Crippen molar-refractivity contribution in [2.24, 2.45) is 0 Å². The van der Waals surface area contributed by atoms with Crippen molar-refractivity contribution in [2.75, 3.05) is 50.8 Å². The van der Waals surface area contributed by atoms with Gasteiger partial charge in [0.25, 0.3) is 0 Å². The fourth-order valence-electron chi connectivity index (χ4n) is 3.01. The number of nitrogens with one attached hydrogen (secondary N) is 1. The zero-order valence-electron chi connectivity index (χ0n) is 16.8. The van der Waals surface area contributed by atoms with E-state index in [4.69, 9.17) is 4.74 Å². The number of hydrogen-bond acceptors (Lipinski definition) is 5. The van der Waals surface area contributed by atoms with Gasteiger partial charge in [-0.15, -0.1) is 24.2 Å². The molecule has 0 radical (unpaired) electrons. The Morgan fingerprint density at radius 3 is 2.59 bits per heavy atom. The van der Waals surface area contributed by atoms with Gasteiger partial charge in [0.2, 0.25) is 0 Å². The Kier molecular flexibility index (Phi) is 11.6. The number of nitrogens with zero attached hydrogens (tertiary/aromatic N) is 2. The number of halogens is 1. The number of carbonyl (C=O) groups excluding carboxylic acids is 1. The van der Waals surface area contributed by atoms with Crippen LogP contribution in [-0.4, -0.2) is 62.1 Å². The molecule has 27 heavy (non-hydrogen) atoms. The van der Waals surface area contributed by atoms with E-state index >= 15 is 0 Å². The molecule has 2 rings (SSSR count). The largest absolute Gasteiger partial charge is 0.450 e. The van der Waals surface area contributed by atoms with Gasteiger partial charge in [0.1, 0.15) is 0 Å². The van der Waals surface area contributed by atoms with E-state index in [0.717, 1.165) is 39.1 Å². The normalized spacial score (nSPS) is 15.7. The monoisotopic (exact) mass is 415 g/mol. The van der Waals surface area contributed by atoms with Crippen LogP contribution in [0.1, 0.15) is 33.6 Å². The van der Waals surface area contributed by atoms with E-state index in [0.29, 0.717) is 18.4 Å². The van der Waals surface area contributed by atoms with Crippen LogP contribution in [0, 0.1) is 0 Å². The second kappa shape index (κ2) is 13.1. The van der Waals surface area contributed by atoms with Crippen LogP contribution in [0.5, 0.6) is 0 Å². The fourth-order valence-corrected chi connectivity index (χ4v) is 4.08. The maximum Gasteiger partial charge on any atom is 0.407 e. The molecule has 1 unspecified atom stereocenters. The molecule has 1 fully saturated rings. The van der Waals surface area contributed by atoms with Gasteiger partial charge in [-0.05, 0) is 38.4 Å². The van der Waals surface area contributed by atoms with Crippen molar-refractivity contribution < 1.29 is 9.53 Å². The molecule has 1 saturated heterocycles. The molecule has 154 valence electrons. The summed E-state index contributed by atoms with van der Waals surface area (Å²) in [7, 11) is 0. The lowest BCUT2D eigenvalue weighted by Crippen LogP contribution is -2.47. The lowest BCUT2D eigenvalue weighted by Gasteiger charge is -2.37. The van der Waals surface area contributed by atoms with Crippen LogP contribution in [-0.2, 0) is 4.74 Å². The third-order valence-electron chi connectivity index (χ3n) is 4.68. The number of carbonyl (C=O) groups is 1. The first kappa shape index (κ1) is 23.9. The molecule has 7 heteroatoms. The zero-order chi connectivity index (χ0) is 18.8. The molecular weight excluding hydrogens is 382 g/mol. The highest BCUT2D eigenvalue weighted by Crippen LogP contribution is 2.34. The Morgan fingerprint density at radius 1 is 1.22 bits per heavy atom. The molecule has 0 aliphatic carbocycles. The highest BCUT2D eigenvalue weighted by atomic mass is 35.5. The third-order valence-corrected chi connectivity index (χ3v) is 6.01. The first-order valence-corrected chi connectivity index (χ1v) is 10.7. The van der Waals surface area contributed by atoms with Gasteiger partial charge in [-0.3, -0.25) is 4.90 Å². The molecule has 1 amide bonds. The van der Waals surface area contributed by atoms with E-state index in [1.54, 1.807) is 0 Å². The lowest BCUT2D eigenvalue weighted by atomic mass is 10.2. The van der Waals surface area contributed by atoms with Crippen LogP contribution in [0.3, 0.4) is 0 Å². The molecule has 1 N–H and O–H groups in total. The molecule has 0 aromatic heterocycles. The summed E-state index contributed by atoms with van der Waals surface area (Å²) in [6.45, 7) is 12.7. The summed E-state index contributed by atoms with van der Waals surface area (Å²) >= 11 is 1.98. The molecule has 0 bridgehead atoms. The van der Waals surface area contributed by atoms with Gasteiger partial charge in [-0.25, -0.2) is 4.79 Å². The van der Waals surface area contributed by atoms with E-state index in [1.807, 2.05) is 18.7 Å². The number of anilines is 1. The topological polar surface area (TPSA) is 44.8 Å². The summed E-state index contributed by atoms with van der Waals surface area (Å²) in [6, 6.07) is 8.79. The molecule has 0 spiro atoms. The van der Waals surface area contributed by atoms with Crippen molar-refractivity contribution in [3.05, 3.63) is 24.3 Å². The molecule has 1 aliphatic heterocycles. The van der Waals surface area contributed by atoms with Crippen molar-refractivity contribution >= 4 is 35.9 Å². The Morgan fingerprint density at radius 2 is 1.93 bits per heavy atom. The Bertz CT molecular complexity index is 554. The van der Waals surface area contributed by atoms with Crippen LogP contribution >= 0.6 is 24.2 Å². The third kappa shape index (κ3) is 8.20. The summed E-state index contributed by atoms with van der Waals surface area (Å²) in [5.41, 5.74) is 1.38. The molecule has 1 aromatic rings. The molecular formula is C20H34ClN3O2S. The predicted molar refractivity (Wildman–Crippen MR) is 118 cm³/mol. The molecule has 1 atom stereocenters. The van der Waals surface area contributed by atoms with E-state index < -0.39 is 0 Å². The van der Waals surface area contributed by atoms with Gasteiger partial charge in [0, 0.05) is 42.9 Å². The second-order valence-electron chi connectivity index (χ2n) is 6.63. The van der Waals surface area contributed by atoms with Crippen LogP contribution in [0.25, 0.3) is 0 Å². The molecule has 1 heterocycles. The minimum Gasteiger partial charge on any atom is -0.450 e. The van der Waals surface area contributed by atoms with Gasteiger partial charge < -0.3 is 15.0 Å². The standard InChI is InChI=1S/C20H33N3O2S.ClH/c1-4-17(3)26-19-10-7-6-9-18(19)23-15-13-22(14-16-23)12-8-11-21-20(24)25-5-2;/h6-7,9-10,17H,4-5,8,11-16H2,1-3H3,(H,21,24);1H. The number of alkyl carbamates (subject to hydrolysis) is 1. The number of ether oxygens (including phenoxy) is 1. The van der Waals surface area contributed by atoms with E-state index in [2.05, 4.69) is 53.2 Å². The Balaban J connectivity index is 0.00000364. The molecule has 5 nitrogen and oxygen atoms in total. The number of rotatable bonds is 9. The molecule has 0 saturated carbocycles. The quantitative estimate of drug-likeness (QED) is 0.482. The van der Waals surface area contributed by atoms with Gasteiger partial charge in [0.15, 0.2) is 0 Å². The highest BCUT2D eigenvalue weighted by molar-refractivity contribution is 8.00. The molecule has 1 aromatic carbocycles. The van der Waals surface area contributed by atoms with Gasteiger partial charge in [-0.1, -0.05) is 26.0 Å². The number of para-hydroxylation sites is 1. The van der Waals surface area contributed by atoms with Gasteiger partial charge >= 0.3 is 6.09 Å². The fraction of sp³-hybridized carbons (Fsp3) is 0.650. The number of hydrogen-bond donors (Lipinski definition) is 1. The smallest absolute Gasteiger partial charge is 0.407 e. The zero-order valence-corrected chi connectivity index (χ0v) is 18.4. The highest BCUT2D eigenvalue weighted by Gasteiger charge is 2.19. The summed E-state index contributed by atoms with van der Waals surface area (Å²) in [4.78, 5) is 17.7. The average Bonchev–Trinajstić information content (AvgIpc) is 2.66. The summed E-state index contributed by atoms with van der Waals surface area (Å²) in [5, 5.41) is 3.43. The van der Waals surface area contributed by atoms with Crippen molar-refractivity contribution in [2.45, 2.75) is 43.8 Å². The number of amides is 1. The number of benzene rings is 1. The number of thioether (sulfide) groups is 1. The van der Waals surface area contributed by atoms with E-state index in [1.165, 1.54) is 17.0 Å². The maximum atomic E-state index is 11.3. The predicted octanol–water partition coefficient (Wildman–Crippen LogP) is 4.26. The van der Waals surface area contributed by atoms with Gasteiger partial charge in [-0.2, -0.15) is 0 Å². The van der Waals surface area contributed by atoms with Crippen molar-refractivity contribution in [1.82, 2.24) is 10.2 Å². The lowest BCUT2D eigenvalue weighted by molar-refractivity contribution is 0.151. The first-order valence-electron chi connectivity index (χ1n) is 9.77. The van der Waals surface area contributed by atoms with Crippen LogP contribution in [0.2, 0.25) is 0 Å². The average molecular weight is 416 g/mol. The summed E-state index contributed by atoms with van der Waals surface area (Å²) in [6.07, 6.45) is 1.83. The number of piperazine rings is 1. The summed E-state index contributed by atoms with van der Waals surface area (Å²) < 4.78 is 4.87. The van der Waals surface area contributed by atoms with Crippen LogP contribution in [0.15, 0.2) is 29.2 Å². The van der Waals surface area contributed by atoms with Gasteiger partial charge in [0.05, 0.1) is 12.3 Å². The first-order chi connectivity index (χ1) is 12.6. The van der Waals surface area contributed by atoms with Crippen molar-refractivity contribution in [1.29, 1.82) is 0 Å². The van der Waals surface area contributed by atoms with Crippen LogP contribution < -0.4 is 10.2 Å². The second-order valence-corrected chi connectivity index (χ2v) is 8.11. The minimum absolute atomic E-state index is 0. The van der Waals surface area contributed by atoms with E-state index in [-0.39, 0.29) is 18.5 Å².